The number of anilines is 1. The minimum Gasteiger partial charge on any atom is -0.481 e. The summed E-state index contributed by atoms with van der Waals surface area (Å²) in [6, 6.07) is 11.6. The van der Waals surface area contributed by atoms with Crippen molar-refractivity contribution >= 4 is 5.82 Å². The highest BCUT2D eigenvalue weighted by Crippen LogP contribution is 2.17. The minimum absolute atomic E-state index is 0.107. The molecule has 88 valence electrons. The van der Waals surface area contributed by atoms with E-state index in [2.05, 4.69) is 15.3 Å². The molecule has 17 heavy (non-hydrogen) atoms. The quantitative estimate of drug-likeness (QED) is 0.875. The van der Waals surface area contributed by atoms with Crippen LogP contribution in [0.5, 0.6) is 5.88 Å². The van der Waals surface area contributed by atoms with E-state index < -0.39 is 0 Å². The van der Waals surface area contributed by atoms with Gasteiger partial charge in [-0.2, -0.15) is 4.98 Å². The number of rotatable bonds is 4. The Kier molecular flexibility index (Phi) is 3.55. The number of hydrogen-bond donors (Lipinski definition) is 1. The van der Waals surface area contributed by atoms with Crippen molar-refractivity contribution in [3.8, 4) is 5.88 Å². The van der Waals surface area contributed by atoms with E-state index >= 15 is 0 Å². The smallest absolute Gasteiger partial charge is 0.214 e. The molecule has 1 N–H and O–H groups in total. The molecule has 1 atom stereocenters. The zero-order chi connectivity index (χ0) is 12.1. The van der Waals surface area contributed by atoms with Crippen molar-refractivity contribution in [2.24, 2.45) is 0 Å². The molecule has 1 unspecified atom stereocenters. The predicted octanol–water partition coefficient (Wildman–Crippen LogP) is 2.66. The van der Waals surface area contributed by atoms with Crippen molar-refractivity contribution in [1.29, 1.82) is 0 Å². The number of hydrogen-bond acceptors (Lipinski definition) is 4. The first kappa shape index (κ1) is 11.4. The lowest BCUT2D eigenvalue weighted by Crippen LogP contribution is -2.09. The highest BCUT2D eigenvalue weighted by atomic mass is 16.5. The second-order valence-electron chi connectivity index (χ2n) is 3.69. The number of pyridine rings is 2. The van der Waals surface area contributed by atoms with E-state index in [1.54, 1.807) is 13.3 Å². The van der Waals surface area contributed by atoms with Crippen LogP contribution < -0.4 is 10.1 Å². The van der Waals surface area contributed by atoms with E-state index in [9.17, 15) is 0 Å². The minimum atomic E-state index is 0.107. The van der Waals surface area contributed by atoms with E-state index in [4.69, 9.17) is 4.74 Å². The molecule has 2 rings (SSSR count). The molecular weight excluding hydrogens is 214 g/mol. The summed E-state index contributed by atoms with van der Waals surface area (Å²) in [5.74, 6) is 1.38. The molecule has 0 bridgehead atoms. The van der Waals surface area contributed by atoms with Crippen LogP contribution in [0.1, 0.15) is 18.7 Å². The topological polar surface area (TPSA) is 47.0 Å². The fraction of sp³-hybridized carbons (Fsp3) is 0.231. The molecule has 2 heterocycles. The molecule has 4 heteroatoms. The van der Waals surface area contributed by atoms with E-state index in [1.807, 2.05) is 43.3 Å². The molecule has 2 aromatic rings. The van der Waals surface area contributed by atoms with Gasteiger partial charge in [0.1, 0.15) is 5.82 Å². The third-order valence-corrected chi connectivity index (χ3v) is 2.43. The maximum Gasteiger partial charge on any atom is 0.214 e. The molecule has 0 amide bonds. The number of ether oxygens (including phenoxy) is 1. The Morgan fingerprint density at radius 1 is 1.18 bits per heavy atom. The van der Waals surface area contributed by atoms with Crippen LogP contribution in [-0.4, -0.2) is 17.1 Å². The zero-order valence-electron chi connectivity index (χ0n) is 9.92. The molecule has 0 saturated heterocycles. The Hall–Kier alpha value is -2.10. The molecule has 0 aromatic carbocycles. The van der Waals surface area contributed by atoms with Gasteiger partial charge in [-0.1, -0.05) is 12.1 Å². The van der Waals surface area contributed by atoms with Gasteiger partial charge in [0.25, 0.3) is 0 Å². The van der Waals surface area contributed by atoms with Gasteiger partial charge in [-0.15, -0.1) is 0 Å². The standard InChI is InChI=1S/C13H15N3O/c1-10(11-6-3-4-9-14-11)15-12-7-5-8-13(16-12)17-2/h3-10H,1-2H3,(H,15,16). The largest absolute Gasteiger partial charge is 0.481 e. The van der Waals surface area contributed by atoms with Gasteiger partial charge in [0, 0.05) is 12.3 Å². The van der Waals surface area contributed by atoms with E-state index in [0.717, 1.165) is 11.5 Å². The fourth-order valence-corrected chi connectivity index (χ4v) is 1.54. The Morgan fingerprint density at radius 2 is 2.06 bits per heavy atom. The molecule has 0 radical (unpaired) electrons. The van der Waals surface area contributed by atoms with Crippen molar-refractivity contribution in [2.45, 2.75) is 13.0 Å². The van der Waals surface area contributed by atoms with Gasteiger partial charge in [-0.25, -0.2) is 0 Å². The Morgan fingerprint density at radius 3 is 2.76 bits per heavy atom. The molecule has 0 aliphatic heterocycles. The second-order valence-corrected chi connectivity index (χ2v) is 3.69. The van der Waals surface area contributed by atoms with Crippen LogP contribution in [-0.2, 0) is 0 Å². The monoisotopic (exact) mass is 229 g/mol. The highest BCUT2D eigenvalue weighted by molar-refractivity contribution is 5.39. The van der Waals surface area contributed by atoms with Crippen molar-refractivity contribution in [3.63, 3.8) is 0 Å². The van der Waals surface area contributed by atoms with Crippen LogP contribution in [0, 0.1) is 0 Å². The zero-order valence-corrected chi connectivity index (χ0v) is 9.92. The number of methoxy groups -OCH3 is 1. The number of nitrogens with one attached hydrogen (secondary N) is 1. The summed E-state index contributed by atoms with van der Waals surface area (Å²) < 4.78 is 5.08. The van der Waals surface area contributed by atoms with Crippen molar-refractivity contribution < 1.29 is 4.74 Å². The van der Waals surface area contributed by atoms with Crippen LogP contribution in [0.25, 0.3) is 0 Å². The molecule has 0 spiro atoms. The Bertz CT molecular complexity index is 473. The molecule has 0 aliphatic rings. The van der Waals surface area contributed by atoms with Gasteiger partial charge in [0.05, 0.1) is 18.8 Å². The summed E-state index contributed by atoms with van der Waals surface area (Å²) in [6.07, 6.45) is 1.78. The second kappa shape index (κ2) is 5.30. The predicted molar refractivity (Wildman–Crippen MR) is 67.1 cm³/mol. The summed E-state index contributed by atoms with van der Waals surface area (Å²) in [7, 11) is 1.61. The average Bonchev–Trinajstić information content (AvgIpc) is 2.40. The lowest BCUT2D eigenvalue weighted by atomic mass is 10.2. The fourth-order valence-electron chi connectivity index (χ4n) is 1.54. The SMILES string of the molecule is COc1cccc(NC(C)c2ccccn2)n1. The molecule has 4 nitrogen and oxygen atoms in total. The van der Waals surface area contributed by atoms with Crippen LogP contribution in [0.4, 0.5) is 5.82 Å². The summed E-state index contributed by atoms with van der Waals surface area (Å²) in [5.41, 5.74) is 0.983. The van der Waals surface area contributed by atoms with Crippen molar-refractivity contribution in [2.75, 3.05) is 12.4 Å². The van der Waals surface area contributed by atoms with Crippen LogP contribution in [0.15, 0.2) is 42.6 Å². The average molecular weight is 229 g/mol. The third kappa shape index (κ3) is 2.93. The summed E-state index contributed by atoms with van der Waals surface area (Å²) in [6.45, 7) is 2.05. The van der Waals surface area contributed by atoms with Gasteiger partial charge in [-0.3, -0.25) is 4.98 Å². The van der Waals surface area contributed by atoms with Crippen LogP contribution >= 0.6 is 0 Å². The molecule has 0 fully saturated rings. The molecule has 0 aliphatic carbocycles. The lowest BCUT2D eigenvalue weighted by molar-refractivity contribution is 0.398. The van der Waals surface area contributed by atoms with Crippen LogP contribution in [0.2, 0.25) is 0 Å². The number of nitrogens with zero attached hydrogens (tertiary/aromatic N) is 2. The number of aromatic nitrogens is 2. The maximum atomic E-state index is 5.08. The van der Waals surface area contributed by atoms with Gasteiger partial charge < -0.3 is 10.1 Å². The first-order valence-corrected chi connectivity index (χ1v) is 5.48. The van der Waals surface area contributed by atoms with E-state index in [1.165, 1.54) is 0 Å². The van der Waals surface area contributed by atoms with Crippen LogP contribution in [0.3, 0.4) is 0 Å². The van der Waals surface area contributed by atoms with Gasteiger partial charge in [0.2, 0.25) is 5.88 Å². The molecule has 0 saturated carbocycles. The van der Waals surface area contributed by atoms with E-state index in [0.29, 0.717) is 5.88 Å². The van der Waals surface area contributed by atoms with Crippen molar-refractivity contribution in [3.05, 3.63) is 48.3 Å². The Labute approximate surface area is 101 Å². The maximum absolute atomic E-state index is 5.08. The normalized spacial score (nSPS) is 11.9. The van der Waals surface area contributed by atoms with Crippen molar-refractivity contribution in [1.82, 2.24) is 9.97 Å². The van der Waals surface area contributed by atoms with Gasteiger partial charge in [-0.05, 0) is 25.1 Å². The van der Waals surface area contributed by atoms with Gasteiger partial charge in [0.15, 0.2) is 0 Å². The first-order chi connectivity index (χ1) is 8.29. The summed E-state index contributed by atoms with van der Waals surface area (Å²) in [4.78, 5) is 8.59. The molecule has 2 aromatic heterocycles. The summed E-state index contributed by atoms with van der Waals surface area (Å²) >= 11 is 0. The lowest BCUT2D eigenvalue weighted by Gasteiger charge is -2.14. The van der Waals surface area contributed by atoms with E-state index in [-0.39, 0.29) is 6.04 Å². The third-order valence-electron chi connectivity index (χ3n) is 2.43. The Balaban J connectivity index is 2.10. The highest BCUT2D eigenvalue weighted by Gasteiger charge is 2.06. The summed E-state index contributed by atoms with van der Waals surface area (Å²) in [5, 5.41) is 3.28. The first-order valence-electron chi connectivity index (χ1n) is 5.48. The van der Waals surface area contributed by atoms with Gasteiger partial charge >= 0.3 is 0 Å². The molecular formula is C13H15N3O.